The molecule has 0 unspecified atom stereocenters. The van der Waals surface area contributed by atoms with Gasteiger partial charge in [0.15, 0.2) is 43.6 Å². The first-order valence-electron chi connectivity index (χ1n) is 33.5. The summed E-state index contributed by atoms with van der Waals surface area (Å²) >= 11 is 59.9. The number of carboxylic acids is 1. The summed E-state index contributed by atoms with van der Waals surface area (Å²) in [7, 11) is 1.93. The van der Waals surface area contributed by atoms with E-state index in [1.54, 1.807) is 91.3 Å². The fourth-order valence-electron chi connectivity index (χ4n) is 9.42. The number of nitrogens with zero attached hydrogens (tertiary/aromatic N) is 13. The summed E-state index contributed by atoms with van der Waals surface area (Å²) in [6.07, 6.45) is -12.9. The van der Waals surface area contributed by atoms with Crippen molar-refractivity contribution in [1.82, 2.24) is 63.5 Å². The molecule has 22 nitrogen and oxygen atoms in total. The van der Waals surface area contributed by atoms with E-state index >= 15 is 0 Å². The van der Waals surface area contributed by atoms with Gasteiger partial charge in [0.2, 0.25) is 0 Å². The van der Waals surface area contributed by atoms with Crippen molar-refractivity contribution in [2.45, 2.75) is 90.5 Å². The number of hydrogen-bond donors (Lipinski definition) is 6. The third-order valence-corrected chi connectivity index (χ3v) is 18.6. The van der Waals surface area contributed by atoms with Crippen LogP contribution in [0, 0.1) is 39.0 Å². The second-order valence-electron chi connectivity index (χ2n) is 23.0. The zero-order valence-electron chi connectivity index (χ0n) is 67.1. The summed E-state index contributed by atoms with van der Waals surface area (Å²) in [5.74, 6) is -1.78. The molecule has 0 aliphatic rings. The van der Waals surface area contributed by atoms with Gasteiger partial charge in [-0.2, -0.15) is 71.1 Å². The molecule has 1 radical (unpaired) electrons. The predicted octanol–water partition coefficient (Wildman–Crippen LogP) is 16.7. The number of H-pyrrole nitrogens is 2. The van der Waals surface area contributed by atoms with Gasteiger partial charge in [-0.3, -0.25) is 24.1 Å². The molecule has 0 spiro atoms. The van der Waals surface area contributed by atoms with Gasteiger partial charge in [-0.1, -0.05) is 115 Å². The van der Waals surface area contributed by atoms with E-state index in [1.807, 2.05) is 6.07 Å². The maximum Gasteiger partial charge on any atom is 1.00 e. The minimum Gasteiger partial charge on any atom is -1.00 e. The molecule has 12 aromatic rings. The fraction of sp³-hybridized carbons (Fsp3) is 0.208. The number of thiol groups is 1. The first-order chi connectivity index (χ1) is 58.3. The predicted molar refractivity (Wildman–Crippen MR) is 450 cm³/mol. The Morgan fingerprint density at radius 3 is 1.22 bits per heavy atom. The number of nitrogens with one attached hydrogen (secondary N) is 2. The van der Waals surface area contributed by atoms with Crippen molar-refractivity contribution in [2.24, 2.45) is 4.30 Å². The smallest absolute Gasteiger partial charge is 1.00 e. The second-order valence-corrected chi connectivity index (χ2v) is 28.6. The van der Waals surface area contributed by atoms with Gasteiger partial charge in [-0.25, -0.2) is 29.7 Å². The number of aromatic nitrogens is 13. The molecule has 8 aromatic heterocycles. The summed E-state index contributed by atoms with van der Waals surface area (Å²) in [6, 6.07) is 30.8. The van der Waals surface area contributed by atoms with Gasteiger partial charge in [0.25, 0.3) is 6.47 Å². The van der Waals surface area contributed by atoms with E-state index in [9.17, 15) is 80.1 Å². The number of aryl methyl sites for hydroxylation is 2. The molecule has 0 fully saturated rings. The Bertz CT molecular complexity index is 5470. The molecule has 0 aliphatic carbocycles. The van der Waals surface area contributed by atoms with Crippen LogP contribution in [0.4, 0.5) is 70.2 Å². The third kappa shape index (κ3) is 40.5. The molecule has 0 aliphatic heterocycles. The first kappa shape index (κ1) is 119. The zero-order chi connectivity index (χ0) is 95.2. The minimum absolute atomic E-state index is 0. The minimum atomic E-state index is -4.95. The van der Waals surface area contributed by atoms with E-state index in [4.69, 9.17) is 120 Å². The molecular weight excluding hydrogens is 2150 g/mol. The molecule has 667 valence electrons. The van der Waals surface area contributed by atoms with Gasteiger partial charge in [-0.15, -0.1) is 0 Å². The van der Waals surface area contributed by atoms with Gasteiger partial charge < -0.3 is 50.4 Å². The zero-order valence-corrected chi connectivity index (χ0v) is 83.1. The SMILES string of the molecule is CC#N.Cc1[nH]c(Br)nc1C(F)(F)F.Cc1[nH]cnc1C(F)(F)F.Cc1c(C(F)(F)F)nc(-c2cccnc2)n1Cc1cc(Cl)ccc1Cl.Cc1c(C(F)(F)F)nc(Br)n1Cc1cc(Cl)ccc1Cl.Clc1ccc(Cl)c(CBr)c1.O=C(O)c1c(C(F)(F)F)nc(-c2cccnc2)n1Cc1cc(Cl)ccc1Cl.O=CO[O-].OB(O)c1cccnc1.[2H]CF.[B]=NS.[H-].[K+].[K+]. The number of carbonyl (C=O) groups is 2. The Labute approximate surface area is 867 Å². The van der Waals surface area contributed by atoms with Crippen LogP contribution in [0.1, 0.15) is 93.7 Å². The average molecular weight is 2210 g/mol. The molecule has 0 atom stereocenters. The number of carboxylic acid groups (broad SMARTS) is 1. The third-order valence-electron chi connectivity index (χ3n) is 14.6. The van der Waals surface area contributed by atoms with E-state index in [2.05, 4.69) is 127 Å². The van der Waals surface area contributed by atoms with Crippen molar-refractivity contribution >= 4 is 186 Å². The van der Waals surface area contributed by atoms with Crippen molar-refractivity contribution in [3.63, 3.8) is 0 Å². The number of imidazole rings is 5. The van der Waals surface area contributed by atoms with Crippen LogP contribution in [0.3, 0.4) is 0 Å². The number of aromatic carboxylic acids is 1. The molecule has 126 heavy (non-hydrogen) atoms. The number of halogens is 27. The van der Waals surface area contributed by atoms with Gasteiger partial charge in [0.05, 0.1) is 40.6 Å². The van der Waals surface area contributed by atoms with E-state index in [0.29, 0.717) is 52.8 Å². The van der Waals surface area contributed by atoms with Crippen LogP contribution in [0.15, 0.2) is 166 Å². The van der Waals surface area contributed by atoms with E-state index in [-0.39, 0.29) is 185 Å². The van der Waals surface area contributed by atoms with Crippen molar-refractivity contribution < 1.29 is 211 Å². The molecule has 5 N–H and O–H groups in total. The molecule has 0 bridgehead atoms. The number of carbonyl (C=O) groups excluding carboxylic acids is 1. The Hall–Kier alpha value is -5.12. The largest absolute Gasteiger partial charge is 1.00 e. The van der Waals surface area contributed by atoms with E-state index < -0.39 is 85.3 Å². The van der Waals surface area contributed by atoms with Crippen LogP contribution in [0.25, 0.3) is 22.8 Å². The summed E-state index contributed by atoms with van der Waals surface area (Å²) in [6.45, 7) is 6.63. The molecular formula is C72H59B2Br3Cl8F16K2N15O7S. The maximum absolute atomic E-state index is 13.4. The molecule has 4 aromatic carbocycles. The van der Waals surface area contributed by atoms with Crippen molar-refractivity contribution in [2.75, 3.05) is 7.15 Å². The van der Waals surface area contributed by atoms with Crippen LogP contribution in [0.5, 0.6) is 0 Å². The average Bonchev–Trinajstić information content (AvgIpc) is 1.61. The Kier molecular flexibility index (Phi) is 55.4. The van der Waals surface area contributed by atoms with Crippen LogP contribution in [0.2, 0.25) is 40.2 Å². The van der Waals surface area contributed by atoms with Gasteiger partial charge in [-0.05, 0) is 185 Å². The van der Waals surface area contributed by atoms with Crippen LogP contribution in [-0.4, -0.2) is 113 Å². The van der Waals surface area contributed by atoms with E-state index in [0.717, 1.165) is 31.8 Å². The molecule has 54 heteroatoms. The standard InChI is InChI=1S/C17H10Cl2F3N3O2.C17H12Cl2F3N3.C12H8BrCl2F3N2.C7H5BrCl2.C5H6BNO2.C5H4BrF3N2.C5H5F3N2.C2H3N.CH3F.CH2O3.BHNS.2K.H/c18-11-3-4-12(19)10(6-11)8-25-13(16(26)27)14(17(20,21)22)24-15(25)9-2-1-5-23-7-9;1-10-15(17(20,21)22)24-16(11-3-2-6-23-8-11)25(10)9-12-7-13(18)4-5-14(12)19;1-6-10(12(16,17)18)19-11(13)20(6)5-7-4-8(14)2-3-9(7)15;8-4-5-3-6(9)1-2-7(5)10;8-6(9)5-2-1-3-7-4-5;1-2-3(5(7,8)9)11-4(6)10-2;1-3-4(5(6,7)8)10-2-9-3;1-2-3;1-2;2-1-4-3;1-2-3;;;/h1-7H,8H2,(H,26,27);2-8H,9H2,1H3;2-4H,5H2,1H3;1-3H,4H2;1-4,8-9H;1H3,(H,10,11);2H,1H3,(H,9,10);1H3;1H3;1,3H;3H;;;/q;;;;;;;;;;;2*+1;-1/p-1/i;;;;;;;;1D;;;;;. The van der Waals surface area contributed by atoms with Crippen molar-refractivity contribution in [1.29, 1.82) is 5.26 Å². The van der Waals surface area contributed by atoms with E-state index in [1.165, 1.54) is 98.9 Å². The number of benzene rings is 4. The summed E-state index contributed by atoms with van der Waals surface area (Å²) < 4.78 is 212. The second kappa shape index (κ2) is 58.7. The van der Waals surface area contributed by atoms with Gasteiger partial charge in [0, 0.05) is 129 Å². The molecule has 0 saturated carbocycles. The molecule has 0 saturated heterocycles. The number of alkyl halides is 17. The fourth-order valence-corrected chi connectivity index (χ4v) is 12.6. The topological polar surface area (TPSA) is 313 Å². The van der Waals surface area contributed by atoms with Crippen LogP contribution >= 0.6 is 153 Å². The maximum atomic E-state index is 13.4. The van der Waals surface area contributed by atoms with Crippen molar-refractivity contribution in [3.8, 4) is 28.8 Å². The van der Waals surface area contributed by atoms with Gasteiger partial charge >= 0.3 is 171 Å². The first-order valence-corrected chi connectivity index (χ1v) is 38.9. The number of pyridine rings is 3. The van der Waals surface area contributed by atoms with Crippen molar-refractivity contribution in [3.05, 3.63) is 282 Å². The van der Waals surface area contributed by atoms with Gasteiger partial charge in [0.1, 0.15) is 11.6 Å². The number of nitriles is 1. The Morgan fingerprint density at radius 2 is 0.944 bits per heavy atom. The number of aromatic amines is 2. The summed E-state index contributed by atoms with van der Waals surface area (Å²) in [5.41, 5.74) is -2.22. The molecule has 8 heterocycles. The quantitative estimate of drug-likeness (QED) is 0.0126. The summed E-state index contributed by atoms with van der Waals surface area (Å²) in [5, 5.41) is 46.8. The van der Waals surface area contributed by atoms with Crippen LogP contribution in [-0.2, 0) is 65.5 Å². The monoisotopic (exact) mass is 2200 g/mol. The Morgan fingerprint density at radius 1 is 0.603 bits per heavy atom. The molecule has 12 rings (SSSR count). The normalized spacial score (nSPS) is 10.6. The Balaban J connectivity index is 0. The number of hydrogen-bond acceptors (Lipinski definition) is 17. The summed E-state index contributed by atoms with van der Waals surface area (Å²) in [4.78, 5) is 56.4. The van der Waals surface area contributed by atoms with Crippen LogP contribution < -0.4 is 113 Å². The number of rotatable bonds is 12. The molecule has 0 amide bonds.